The second-order valence-electron chi connectivity index (χ2n) is 5.05. The number of halogens is 4. The average Bonchev–Trinajstić information content (AvgIpc) is 2.98. The van der Waals surface area contributed by atoms with Crippen LogP contribution in [0.2, 0.25) is 0 Å². The molecule has 6 nitrogen and oxygen atoms in total. The van der Waals surface area contributed by atoms with E-state index < -0.39 is 28.3 Å². The molecule has 1 N–H and O–H groups in total. The molecule has 1 atom stereocenters. The zero-order chi connectivity index (χ0) is 16.5. The van der Waals surface area contributed by atoms with Gasteiger partial charge in [-0.15, -0.1) is 12.4 Å². The van der Waals surface area contributed by atoms with Crippen molar-refractivity contribution >= 4 is 24.0 Å². The second kappa shape index (κ2) is 7.14. The van der Waals surface area contributed by atoms with Crippen LogP contribution in [0.25, 0.3) is 0 Å². The molecule has 1 saturated heterocycles. The average molecular weight is 354 g/mol. The molecule has 23 heavy (non-hydrogen) atoms. The Kier molecular flexibility index (Phi) is 5.95. The number of benzene rings is 1. The molecule has 0 radical (unpaired) electrons. The molecule has 0 aromatic heterocycles. The van der Waals surface area contributed by atoms with Gasteiger partial charge in [-0.05, 0) is 25.1 Å². The lowest BCUT2D eigenvalue weighted by atomic mass is 10.1. The van der Waals surface area contributed by atoms with Gasteiger partial charge in [-0.1, -0.05) is 0 Å². The molecule has 1 fully saturated rings. The van der Waals surface area contributed by atoms with Crippen LogP contribution in [0.1, 0.15) is 22.3 Å². The van der Waals surface area contributed by atoms with Gasteiger partial charge in [0.15, 0.2) is 0 Å². The van der Waals surface area contributed by atoms with E-state index in [2.05, 4.69) is 5.32 Å². The molecule has 0 spiro atoms. The van der Waals surface area contributed by atoms with Crippen molar-refractivity contribution in [1.82, 2.24) is 10.2 Å². The maximum Gasteiger partial charge on any atom is 0.416 e. The molecule has 1 aliphatic heterocycles. The minimum absolute atomic E-state index is 0. The maximum absolute atomic E-state index is 12.6. The number of nitro groups is 1. The van der Waals surface area contributed by atoms with Crippen LogP contribution in [0.4, 0.5) is 18.9 Å². The largest absolute Gasteiger partial charge is 0.416 e. The van der Waals surface area contributed by atoms with Gasteiger partial charge in [-0.2, -0.15) is 13.2 Å². The van der Waals surface area contributed by atoms with E-state index in [-0.39, 0.29) is 24.0 Å². The molecule has 2 rings (SSSR count). The number of carbonyl (C=O) groups excluding carboxylic acids is 1. The van der Waals surface area contributed by atoms with Crippen molar-refractivity contribution in [3.05, 3.63) is 39.4 Å². The predicted octanol–water partition coefficient (Wildman–Crippen LogP) is 2.47. The van der Waals surface area contributed by atoms with E-state index in [4.69, 9.17) is 0 Å². The summed E-state index contributed by atoms with van der Waals surface area (Å²) in [4.78, 5) is 23.7. The fourth-order valence-corrected chi connectivity index (χ4v) is 2.37. The van der Waals surface area contributed by atoms with E-state index in [0.717, 1.165) is 12.6 Å². The lowest BCUT2D eigenvalue weighted by Crippen LogP contribution is -2.38. The van der Waals surface area contributed by atoms with Gasteiger partial charge in [0, 0.05) is 25.7 Å². The van der Waals surface area contributed by atoms with Gasteiger partial charge in [0.1, 0.15) is 5.56 Å². The topological polar surface area (TPSA) is 75.5 Å². The highest BCUT2D eigenvalue weighted by molar-refractivity contribution is 5.98. The summed E-state index contributed by atoms with van der Waals surface area (Å²) in [5, 5.41) is 14.1. The summed E-state index contributed by atoms with van der Waals surface area (Å²) >= 11 is 0. The molecule has 128 valence electrons. The standard InChI is InChI=1S/C13H14F3N3O3.ClH/c1-18(9-4-5-17-7-9)12(20)10-3-2-8(13(14,15)16)6-11(10)19(21)22;/h2-3,6,9,17H,4-5,7H2,1H3;1H. The molecule has 0 saturated carbocycles. The van der Waals surface area contributed by atoms with Gasteiger partial charge in [0.05, 0.1) is 10.5 Å². The van der Waals surface area contributed by atoms with E-state index in [0.29, 0.717) is 25.1 Å². The van der Waals surface area contributed by atoms with Gasteiger partial charge in [0.25, 0.3) is 11.6 Å². The smallest absolute Gasteiger partial charge is 0.337 e. The molecule has 1 heterocycles. The third-order valence-electron chi connectivity index (χ3n) is 3.65. The Morgan fingerprint density at radius 3 is 2.57 bits per heavy atom. The molecular formula is C13H15ClF3N3O3. The predicted molar refractivity (Wildman–Crippen MR) is 78.7 cm³/mol. The summed E-state index contributed by atoms with van der Waals surface area (Å²) in [7, 11) is 1.49. The van der Waals surface area contributed by atoms with Crippen LogP contribution in [-0.2, 0) is 6.18 Å². The van der Waals surface area contributed by atoms with E-state index in [1.54, 1.807) is 0 Å². The number of amides is 1. The number of likely N-dealkylation sites (N-methyl/N-ethyl adjacent to an activating group) is 1. The molecule has 1 aromatic rings. The van der Waals surface area contributed by atoms with Crippen molar-refractivity contribution in [2.45, 2.75) is 18.6 Å². The molecule has 1 amide bonds. The Morgan fingerprint density at radius 1 is 1.43 bits per heavy atom. The first-order valence-electron chi connectivity index (χ1n) is 6.55. The van der Waals surface area contributed by atoms with Crippen molar-refractivity contribution in [2.24, 2.45) is 0 Å². The summed E-state index contributed by atoms with van der Waals surface area (Å²) in [5.74, 6) is -0.658. The highest BCUT2D eigenvalue weighted by Gasteiger charge is 2.35. The van der Waals surface area contributed by atoms with Gasteiger partial charge in [-0.25, -0.2) is 0 Å². The number of nitrogens with zero attached hydrogens (tertiary/aromatic N) is 2. The molecule has 1 aromatic carbocycles. The Bertz CT molecular complexity index is 604. The van der Waals surface area contributed by atoms with Crippen LogP contribution in [0, 0.1) is 10.1 Å². The lowest BCUT2D eigenvalue weighted by Gasteiger charge is -2.23. The second-order valence-corrected chi connectivity index (χ2v) is 5.05. The first kappa shape index (κ1) is 19.2. The summed E-state index contributed by atoms with van der Waals surface area (Å²) in [6.45, 7) is 1.27. The molecule has 1 unspecified atom stereocenters. The van der Waals surface area contributed by atoms with Gasteiger partial charge < -0.3 is 10.2 Å². The number of rotatable bonds is 3. The van der Waals surface area contributed by atoms with Crippen molar-refractivity contribution in [1.29, 1.82) is 0 Å². The molecule has 0 bridgehead atoms. The normalized spacial score (nSPS) is 17.5. The highest BCUT2D eigenvalue weighted by atomic mass is 35.5. The SMILES string of the molecule is CN(C(=O)c1ccc(C(F)(F)F)cc1[N+](=O)[O-])C1CCNC1.Cl. The van der Waals surface area contributed by atoms with Crippen LogP contribution in [0.5, 0.6) is 0 Å². The van der Waals surface area contributed by atoms with Crippen molar-refractivity contribution in [2.75, 3.05) is 20.1 Å². The van der Waals surface area contributed by atoms with Gasteiger partial charge in [-0.3, -0.25) is 14.9 Å². The van der Waals surface area contributed by atoms with Crippen LogP contribution in [0.3, 0.4) is 0 Å². The molecule has 10 heteroatoms. The lowest BCUT2D eigenvalue weighted by molar-refractivity contribution is -0.385. The summed E-state index contributed by atoms with van der Waals surface area (Å²) in [5.41, 5.74) is -2.33. The first-order valence-corrected chi connectivity index (χ1v) is 6.55. The van der Waals surface area contributed by atoms with Gasteiger partial charge >= 0.3 is 6.18 Å². The Balaban J connectivity index is 0.00000264. The van der Waals surface area contributed by atoms with E-state index in [9.17, 15) is 28.1 Å². The monoisotopic (exact) mass is 353 g/mol. The van der Waals surface area contributed by atoms with Crippen LogP contribution >= 0.6 is 12.4 Å². The molecular weight excluding hydrogens is 339 g/mol. The minimum Gasteiger partial charge on any atom is -0.337 e. The zero-order valence-electron chi connectivity index (χ0n) is 12.1. The third kappa shape index (κ3) is 4.11. The summed E-state index contributed by atoms with van der Waals surface area (Å²) < 4.78 is 37.9. The van der Waals surface area contributed by atoms with Crippen molar-refractivity contribution in [3.63, 3.8) is 0 Å². The summed E-state index contributed by atoms with van der Waals surface area (Å²) in [6, 6.07) is 1.81. The number of nitro benzene ring substituents is 1. The highest BCUT2D eigenvalue weighted by Crippen LogP contribution is 2.33. The number of hydrogen-bond donors (Lipinski definition) is 1. The number of hydrogen-bond acceptors (Lipinski definition) is 4. The number of alkyl halides is 3. The fraction of sp³-hybridized carbons (Fsp3) is 0.462. The maximum atomic E-state index is 12.6. The minimum atomic E-state index is -4.70. The first-order chi connectivity index (χ1) is 10.2. The van der Waals surface area contributed by atoms with Crippen molar-refractivity contribution in [3.8, 4) is 0 Å². The Hall–Kier alpha value is -1.87. The number of nitrogens with one attached hydrogen (secondary N) is 1. The van der Waals surface area contributed by atoms with E-state index in [1.165, 1.54) is 11.9 Å². The quantitative estimate of drug-likeness (QED) is 0.669. The van der Waals surface area contributed by atoms with Crippen LogP contribution < -0.4 is 5.32 Å². The van der Waals surface area contributed by atoms with E-state index >= 15 is 0 Å². The van der Waals surface area contributed by atoms with Crippen LogP contribution in [0.15, 0.2) is 18.2 Å². The van der Waals surface area contributed by atoms with Crippen molar-refractivity contribution < 1.29 is 22.9 Å². The van der Waals surface area contributed by atoms with E-state index in [1.807, 2.05) is 0 Å². The molecule has 0 aliphatic carbocycles. The summed E-state index contributed by atoms with van der Waals surface area (Å²) in [6.07, 6.45) is -4.01. The zero-order valence-corrected chi connectivity index (χ0v) is 12.9. The Morgan fingerprint density at radius 2 is 2.09 bits per heavy atom. The Labute approximate surface area is 136 Å². The molecule has 1 aliphatic rings. The van der Waals surface area contributed by atoms with Crippen LogP contribution in [-0.4, -0.2) is 41.9 Å². The van der Waals surface area contributed by atoms with Gasteiger partial charge in [0.2, 0.25) is 0 Å². The third-order valence-corrected chi connectivity index (χ3v) is 3.65. The number of carbonyl (C=O) groups is 1. The fourth-order valence-electron chi connectivity index (χ4n) is 2.37.